The van der Waals surface area contributed by atoms with Gasteiger partial charge in [0.05, 0.1) is 16.8 Å². The van der Waals surface area contributed by atoms with Crippen LogP contribution in [0.15, 0.2) is 54.6 Å². The minimum atomic E-state index is -0.766. The highest BCUT2D eigenvalue weighted by Gasteiger charge is 2.53. The first kappa shape index (κ1) is 24.0. The van der Waals surface area contributed by atoms with Gasteiger partial charge in [-0.2, -0.15) is 5.01 Å². The number of benzene rings is 2. The van der Waals surface area contributed by atoms with Crippen LogP contribution < -0.4 is 0 Å². The lowest BCUT2D eigenvalue weighted by Crippen LogP contribution is -2.52. The Balaban J connectivity index is 1.71. The van der Waals surface area contributed by atoms with E-state index in [1.165, 1.54) is 12.1 Å². The van der Waals surface area contributed by atoms with Crippen molar-refractivity contribution < 1.29 is 24.1 Å². The number of nitro groups is 1. The number of rotatable bonds is 6. The Bertz CT molecular complexity index is 1270. The molecule has 2 aliphatic rings. The summed E-state index contributed by atoms with van der Waals surface area (Å²) < 4.78 is 0. The molecule has 0 N–H and O–H groups in total. The molecule has 0 aromatic heterocycles. The van der Waals surface area contributed by atoms with Crippen molar-refractivity contribution >= 4 is 29.2 Å². The van der Waals surface area contributed by atoms with Crippen LogP contribution in [0.3, 0.4) is 0 Å². The number of fused-ring (bicyclic) bond motifs is 1. The van der Waals surface area contributed by atoms with E-state index in [2.05, 4.69) is 0 Å². The topological polar surface area (TPSA) is 118 Å². The van der Waals surface area contributed by atoms with Gasteiger partial charge in [0.15, 0.2) is 5.78 Å². The largest absolute Gasteiger partial charge is 0.292 e. The molecule has 3 amide bonds. The average Bonchev–Trinajstić information content (AvgIpc) is 3.09. The fourth-order valence-corrected chi connectivity index (χ4v) is 4.62. The highest BCUT2D eigenvalue weighted by Crippen LogP contribution is 2.39. The van der Waals surface area contributed by atoms with Crippen LogP contribution in [-0.2, 0) is 9.59 Å². The van der Waals surface area contributed by atoms with Crippen LogP contribution in [0.1, 0.15) is 45.2 Å². The normalized spacial score (nSPS) is 21.1. The maximum absolute atomic E-state index is 13.5. The van der Waals surface area contributed by atoms with Crippen molar-refractivity contribution in [2.45, 2.75) is 27.2 Å². The molecule has 35 heavy (non-hydrogen) atoms. The van der Waals surface area contributed by atoms with E-state index in [1.54, 1.807) is 18.2 Å². The molecule has 4 rings (SSSR count). The van der Waals surface area contributed by atoms with Crippen molar-refractivity contribution in [3.05, 3.63) is 87.0 Å². The fourth-order valence-electron chi connectivity index (χ4n) is 4.62. The van der Waals surface area contributed by atoms with Gasteiger partial charge in [0.1, 0.15) is 6.54 Å². The van der Waals surface area contributed by atoms with Crippen molar-refractivity contribution in [3.8, 4) is 0 Å². The Morgan fingerprint density at radius 2 is 1.69 bits per heavy atom. The molecule has 9 nitrogen and oxygen atoms in total. The van der Waals surface area contributed by atoms with E-state index in [0.29, 0.717) is 12.0 Å². The van der Waals surface area contributed by atoms with Crippen LogP contribution >= 0.6 is 0 Å². The van der Waals surface area contributed by atoms with Crippen molar-refractivity contribution in [2.24, 2.45) is 17.8 Å². The molecule has 9 heteroatoms. The molecule has 0 unspecified atom stereocenters. The van der Waals surface area contributed by atoms with Crippen LogP contribution in [0.5, 0.6) is 0 Å². The number of carbonyl (C=O) groups is 4. The minimum Gasteiger partial charge on any atom is -0.292 e. The first-order valence-electron chi connectivity index (χ1n) is 11.3. The molecule has 2 aromatic rings. The second kappa shape index (κ2) is 9.25. The summed E-state index contributed by atoms with van der Waals surface area (Å²) in [5, 5.41) is 12.7. The highest BCUT2D eigenvalue weighted by atomic mass is 16.6. The van der Waals surface area contributed by atoms with E-state index in [-0.39, 0.29) is 17.2 Å². The zero-order valence-corrected chi connectivity index (χ0v) is 19.6. The molecule has 1 saturated heterocycles. The highest BCUT2D eigenvalue weighted by molar-refractivity contribution is 6.10. The van der Waals surface area contributed by atoms with E-state index >= 15 is 0 Å². The first-order valence-corrected chi connectivity index (χ1v) is 11.3. The number of imide groups is 1. The number of non-ortho nitro benzene ring substituents is 1. The van der Waals surface area contributed by atoms with Gasteiger partial charge < -0.3 is 0 Å². The summed E-state index contributed by atoms with van der Waals surface area (Å²) in [6, 6.07) is 9.95. The Morgan fingerprint density at radius 1 is 1.03 bits per heavy atom. The molecule has 1 aliphatic carbocycles. The van der Waals surface area contributed by atoms with E-state index in [0.717, 1.165) is 33.3 Å². The Labute approximate surface area is 202 Å². The summed E-state index contributed by atoms with van der Waals surface area (Å²) in [5.74, 6) is -3.67. The summed E-state index contributed by atoms with van der Waals surface area (Å²) in [6.07, 6.45) is 4.10. The number of hydrogen-bond donors (Lipinski definition) is 0. The number of amides is 3. The molecule has 1 fully saturated rings. The number of nitrogens with zero attached hydrogens (tertiary/aromatic N) is 3. The van der Waals surface area contributed by atoms with Gasteiger partial charge in [-0.05, 0) is 55.5 Å². The molecule has 0 spiro atoms. The van der Waals surface area contributed by atoms with Crippen LogP contribution in [0.2, 0.25) is 0 Å². The van der Waals surface area contributed by atoms with Gasteiger partial charge in [-0.1, -0.05) is 31.2 Å². The standard InChI is InChI=1S/C26H25N3O6/c1-15-7-8-19(13-17(15)3)22(30)14-27(24(31)18-9-11-20(12-10-18)29(34)35)28-25(32)21-6-4-5-16(2)23(21)26(28)33/h4-5,7-13,16,21,23H,6,14H2,1-3H3/t16-,21-,23-/m1/s1. The van der Waals surface area contributed by atoms with E-state index < -0.39 is 46.8 Å². The lowest BCUT2D eigenvalue weighted by atomic mass is 9.78. The smallest absolute Gasteiger partial charge is 0.273 e. The monoisotopic (exact) mass is 475 g/mol. The van der Waals surface area contributed by atoms with E-state index in [9.17, 15) is 29.3 Å². The summed E-state index contributed by atoms with van der Waals surface area (Å²) in [6.45, 7) is 5.08. The third-order valence-electron chi connectivity index (χ3n) is 6.77. The summed E-state index contributed by atoms with van der Waals surface area (Å²) in [7, 11) is 0. The minimum absolute atomic E-state index is 0.0186. The third kappa shape index (κ3) is 4.37. The third-order valence-corrected chi connectivity index (χ3v) is 6.77. The molecule has 180 valence electrons. The second-order valence-corrected chi connectivity index (χ2v) is 9.03. The second-order valence-electron chi connectivity index (χ2n) is 9.03. The van der Waals surface area contributed by atoms with E-state index in [4.69, 9.17) is 0 Å². The number of hydrogen-bond acceptors (Lipinski definition) is 6. The van der Waals surface area contributed by atoms with Gasteiger partial charge in [-0.3, -0.25) is 29.3 Å². The number of ketones is 1. The van der Waals surface area contributed by atoms with Gasteiger partial charge >= 0.3 is 0 Å². The van der Waals surface area contributed by atoms with Crippen LogP contribution in [0.25, 0.3) is 0 Å². The predicted molar refractivity (Wildman–Crippen MR) is 126 cm³/mol. The predicted octanol–water partition coefficient (Wildman–Crippen LogP) is 3.65. The molecular formula is C26H25N3O6. The maximum Gasteiger partial charge on any atom is 0.273 e. The SMILES string of the molecule is Cc1ccc(C(=O)CN(C(=O)c2ccc([N+](=O)[O-])cc2)N2C(=O)[C@@H]3[C@H](C)C=CC[C@H]3C2=O)cc1C. The van der Waals surface area contributed by atoms with Crippen LogP contribution in [-0.4, -0.2) is 45.0 Å². The van der Waals surface area contributed by atoms with Crippen LogP contribution in [0.4, 0.5) is 5.69 Å². The van der Waals surface area contributed by atoms with E-state index in [1.807, 2.05) is 32.9 Å². The quantitative estimate of drug-likeness (QED) is 0.207. The molecular weight excluding hydrogens is 450 g/mol. The molecule has 1 aliphatic heterocycles. The number of aryl methyl sites for hydroxylation is 2. The average molecular weight is 476 g/mol. The van der Waals surface area contributed by atoms with Gasteiger partial charge in [-0.25, -0.2) is 5.01 Å². The number of hydrazine groups is 1. The van der Waals surface area contributed by atoms with Gasteiger partial charge in [0.25, 0.3) is 23.4 Å². The van der Waals surface area contributed by atoms with Gasteiger partial charge in [-0.15, -0.1) is 0 Å². The number of allylic oxidation sites excluding steroid dienone is 2. The number of carbonyl (C=O) groups excluding carboxylic acids is 4. The van der Waals surface area contributed by atoms with Crippen molar-refractivity contribution in [3.63, 3.8) is 0 Å². The molecule has 0 bridgehead atoms. The molecule has 0 radical (unpaired) electrons. The Hall–Kier alpha value is -4.14. The van der Waals surface area contributed by atoms with Crippen LogP contribution in [0, 0.1) is 41.7 Å². The Kier molecular flexibility index (Phi) is 6.34. The molecule has 2 aromatic carbocycles. The first-order chi connectivity index (χ1) is 16.6. The molecule has 1 heterocycles. The van der Waals surface area contributed by atoms with Crippen molar-refractivity contribution in [2.75, 3.05) is 6.54 Å². The zero-order chi connectivity index (χ0) is 25.4. The summed E-state index contributed by atoms with van der Waals surface area (Å²) in [4.78, 5) is 63.8. The molecule has 3 atom stereocenters. The van der Waals surface area contributed by atoms with Crippen molar-refractivity contribution in [1.82, 2.24) is 10.0 Å². The fraction of sp³-hybridized carbons (Fsp3) is 0.308. The number of nitro benzene ring substituents is 1. The number of Topliss-reactive ketones (excluding diaryl/α,β-unsaturated/α-hetero) is 1. The lowest BCUT2D eigenvalue weighted by Gasteiger charge is -2.30. The molecule has 0 saturated carbocycles. The van der Waals surface area contributed by atoms with Gasteiger partial charge in [0, 0.05) is 23.3 Å². The summed E-state index contributed by atoms with van der Waals surface area (Å²) in [5.41, 5.74) is 2.05. The zero-order valence-electron chi connectivity index (χ0n) is 19.6. The van der Waals surface area contributed by atoms with Gasteiger partial charge in [0.2, 0.25) is 0 Å². The Morgan fingerprint density at radius 3 is 2.29 bits per heavy atom. The summed E-state index contributed by atoms with van der Waals surface area (Å²) >= 11 is 0. The lowest BCUT2D eigenvalue weighted by molar-refractivity contribution is -0.384. The maximum atomic E-state index is 13.5. The van der Waals surface area contributed by atoms with Crippen molar-refractivity contribution in [1.29, 1.82) is 0 Å².